The molecule has 0 radical (unpaired) electrons. The molecule has 0 unspecified atom stereocenters. The second kappa shape index (κ2) is 6.73. The number of carbonyl (C=O) groups excluding carboxylic acids is 1. The van der Waals surface area contributed by atoms with Gasteiger partial charge in [0.15, 0.2) is 0 Å². The Morgan fingerprint density at radius 3 is 2.50 bits per heavy atom. The Hall–Kier alpha value is -2.16. The van der Waals surface area contributed by atoms with Crippen molar-refractivity contribution >= 4 is 5.91 Å². The third-order valence-corrected chi connectivity index (χ3v) is 4.26. The molecule has 1 fully saturated rings. The van der Waals surface area contributed by atoms with Gasteiger partial charge >= 0.3 is 0 Å². The molecule has 3 nitrogen and oxygen atoms in total. The van der Waals surface area contributed by atoms with Crippen LogP contribution in [0.15, 0.2) is 54.9 Å². The van der Waals surface area contributed by atoms with E-state index in [2.05, 4.69) is 28.9 Å². The Morgan fingerprint density at radius 1 is 1.18 bits per heavy atom. The third-order valence-electron chi connectivity index (χ3n) is 4.26. The van der Waals surface area contributed by atoms with Crippen LogP contribution in [0.2, 0.25) is 0 Å². The maximum absolute atomic E-state index is 12.7. The average molecular weight is 294 g/mol. The summed E-state index contributed by atoms with van der Waals surface area (Å²) in [6, 6.07) is 14.7. The van der Waals surface area contributed by atoms with E-state index < -0.39 is 0 Å². The summed E-state index contributed by atoms with van der Waals surface area (Å²) >= 11 is 0. The van der Waals surface area contributed by atoms with Gasteiger partial charge in [0.25, 0.3) is 0 Å². The molecule has 0 bridgehead atoms. The first-order chi connectivity index (χ1) is 10.7. The second-order valence-electron chi connectivity index (χ2n) is 6.12. The quantitative estimate of drug-likeness (QED) is 0.812. The fraction of sp³-hybridized carbons (Fsp3) is 0.368. The molecule has 1 aliphatic rings. The third kappa shape index (κ3) is 3.73. The highest BCUT2D eigenvalue weighted by Crippen LogP contribution is 2.30. The molecule has 1 atom stereocenters. The van der Waals surface area contributed by atoms with Crippen molar-refractivity contribution in [1.82, 2.24) is 9.88 Å². The lowest BCUT2D eigenvalue weighted by Gasteiger charge is -2.24. The summed E-state index contributed by atoms with van der Waals surface area (Å²) < 4.78 is 0. The summed E-state index contributed by atoms with van der Waals surface area (Å²) in [4.78, 5) is 18.8. The smallest absolute Gasteiger partial charge is 0.223 e. The first kappa shape index (κ1) is 14.8. The van der Waals surface area contributed by atoms with Crippen molar-refractivity contribution < 1.29 is 4.79 Å². The van der Waals surface area contributed by atoms with E-state index in [9.17, 15) is 4.79 Å². The molecule has 114 valence electrons. The van der Waals surface area contributed by atoms with Gasteiger partial charge in [-0.15, -0.1) is 0 Å². The predicted molar refractivity (Wildman–Crippen MR) is 87.3 cm³/mol. The van der Waals surface area contributed by atoms with Gasteiger partial charge in [-0.1, -0.05) is 37.3 Å². The van der Waals surface area contributed by atoms with Crippen molar-refractivity contribution in [3.05, 3.63) is 66.0 Å². The van der Waals surface area contributed by atoms with E-state index in [1.54, 1.807) is 12.4 Å². The van der Waals surface area contributed by atoms with Gasteiger partial charge in [-0.25, -0.2) is 0 Å². The van der Waals surface area contributed by atoms with Crippen LogP contribution in [-0.2, 0) is 11.3 Å². The van der Waals surface area contributed by atoms with Crippen molar-refractivity contribution in [3.63, 3.8) is 0 Å². The standard InChI is InChI=1S/C19H22N2O/c1-15(17-5-3-2-4-6-17)13-19(22)21(18-7-8-18)14-16-9-11-20-12-10-16/h2-6,9-12,15,18H,7-8,13-14H2,1H3/t15-/m1/s1. The van der Waals surface area contributed by atoms with Crippen LogP contribution in [0.4, 0.5) is 0 Å². The Morgan fingerprint density at radius 2 is 1.86 bits per heavy atom. The number of pyridine rings is 1. The van der Waals surface area contributed by atoms with Gasteiger partial charge in [0.2, 0.25) is 5.91 Å². The number of rotatable bonds is 6. The molecule has 0 aliphatic heterocycles. The van der Waals surface area contributed by atoms with E-state index in [4.69, 9.17) is 0 Å². The molecule has 2 aromatic rings. The maximum Gasteiger partial charge on any atom is 0.223 e. The van der Waals surface area contributed by atoms with Crippen LogP contribution in [0, 0.1) is 0 Å². The van der Waals surface area contributed by atoms with Crippen LogP contribution in [-0.4, -0.2) is 21.8 Å². The van der Waals surface area contributed by atoms with Gasteiger partial charge in [0, 0.05) is 31.4 Å². The van der Waals surface area contributed by atoms with Gasteiger partial charge in [-0.05, 0) is 42.0 Å². The zero-order valence-electron chi connectivity index (χ0n) is 13.0. The Balaban J connectivity index is 1.65. The van der Waals surface area contributed by atoms with Crippen molar-refractivity contribution in [2.75, 3.05) is 0 Å². The average Bonchev–Trinajstić information content (AvgIpc) is 3.39. The van der Waals surface area contributed by atoms with E-state index in [1.807, 2.05) is 30.3 Å². The largest absolute Gasteiger partial charge is 0.335 e. The lowest BCUT2D eigenvalue weighted by atomic mass is 9.97. The topological polar surface area (TPSA) is 33.2 Å². The molecule has 1 aromatic carbocycles. The van der Waals surface area contributed by atoms with Gasteiger partial charge in [0.1, 0.15) is 0 Å². The predicted octanol–water partition coefficient (Wildman–Crippen LogP) is 3.77. The number of hydrogen-bond acceptors (Lipinski definition) is 2. The number of aromatic nitrogens is 1. The minimum atomic E-state index is 0.257. The molecule has 1 amide bonds. The van der Waals surface area contributed by atoms with Crippen LogP contribution in [0.1, 0.15) is 43.2 Å². The minimum Gasteiger partial charge on any atom is -0.335 e. The minimum absolute atomic E-state index is 0.257. The lowest BCUT2D eigenvalue weighted by Crippen LogP contribution is -2.33. The molecular formula is C19H22N2O. The summed E-state index contributed by atoms with van der Waals surface area (Å²) in [5.74, 6) is 0.517. The number of hydrogen-bond donors (Lipinski definition) is 0. The summed E-state index contributed by atoms with van der Waals surface area (Å²) in [6.45, 7) is 2.83. The molecule has 1 heterocycles. The van der Waals surface area contributed by atoms with Crippen LogP contribution >= 0.6 is 0 Å². The fourth-order valence-electron chi connectivity index (χ4n) is 2.77. The first-order valence-electron chi connectivity index (χ1n) is 7.97. The molecule has 22 heavy (non-hydrogen) atoms. The van der Waals surface area contributed by atoms with Gasteiger partial charge < -0.3 is 4.90 Å². The summed E-state index contributed by atoms with van der Waals surface area (Å²) in [5.41, 5.74) is 2.39. The normalized spacial score (nSPS) is 15.3. The first-order valence-corrected chi connectivity index (χ1v) is 7.97. The van der Waals surface area contributed by atoms with Crippen LogP contribution in [0.25, 0.3) is 0 Å². The van der Waals surface area contributed by atoms with Crippen molar-refractivity contribution in [1.29, 1.82) is 0 Å². The van der Waals surface area contributed by atoms with E-state index in [0.717, 1.165) is 18.4 Å². The molecule has 0 saturated heterocycles. The Labute approximate surface area is 132 Å². The van der Waals surface area contributed by atoms with Crippen LogP contribution in [0.5, 0.6) is 0 Å². The fourth-order valence-corrected chi connectivity index (χ4v) is 2.77. The number of nitrogens with zero attached hydrogens (tertiary/aromatic N) is 2. The van der Waals surface area contributed by atoms with Crippen molar-refractivity contribution in [3.8, 4) is 0 Å². The highest BCUT2D eigenvalue weighted by Gasteiger charge is 2.32. The molecular weight excluding hydrogens is 272 g/mol. The SMILES string of the molecule is C[C@H](CC(=O)N(Cc1ccncc1)C1CC1)c1ccccc1. The number of carbonyl (C=O) groups is 1. The summed E-state index contributed by atoms with van der Waals surface area (Å²) in [6.07, 6.45) is 6.42. The van der Waals surface area contributed by atoms with Crippen molar-refractivity contribution in [2.45, 2.75) is 44.7 Å². The van der Waals surface area contributed by atoms with E-state index in [0.29, 0.717) is 19.0 Å². The van der Waals surface area contributed by atoms with Gasteiger partial charge in [0.05, 0.1) is 0 Å². The molecule has 0 spiro atoms. The number of benzene rings is 1. The Kier molecular flexibility index (Phi) is 4.52. The highest BCUT2D eigenvalue weighted by molar-refractivity contribution is 5.77. The lowest BCUT2D eigenvalue weighted by molar-refractivity contribution is -0.132. The molecule has 1 saturated carbocycles. The van der Waals surface area contributed by atoms with E-state index in [-0.39, 0.29) is 11.8 Å². The summed E-state index contributed by atoms with van der Waals surface area (Å²) in [5, 5.41) is 0. The molecule has 0 N–H and O–H groups in total. The zero-order chi connectivity index (χ0) is 15.4. The molecule has 3 heteroatoms. The zero-order valence-corrected chi connectivity index (χ0v) is 13.0. The van der Waals surface area contributed by atoms with E-state index >= 15 is 0 Å². The number of amides is 1. The van der Waals surface area contributed by atoms with E-state index in [1.165, 1.54) is 5.56 Å². The van der Waals surface area contributed by atoms with Crippen molar-refractivity contribution in [2.24, 2.45) is 0 Å². The highest BCUT2D eigenvalue weighted by atomic mass is 16.2. The van der Waals surface area contributed by atoms with Gasteiger partial charge in [-0.3, -0.25) is 9.78 Å². The monoisotopic (exact) mass is 294 g/mol. The molecule has 1 aromatic heterocycles. The Bertz CT molecular complexity index is 608. The van der Waals surface area contributed by atoms with Gasteiger partial charge in [-0.2, -0.15) is 0 Å². The van der Waals surface area contributed by atoms with Crippen LogP contribution < -0.4 is 0 Å². The molecule has 3 rings (SSSR count). The second-order valence-corrected chi connectivity index (χ2v) is 6.12. The van der Waals surface area contributed by atoms with Crippen LogP contribution in [0.3, 0.4) is 0 Å². The maximum atomic E-state index is 12.7. The summed E-state index contributed by atoms with van der Waals surface area (Å²) in [7, 11) is 0. The molecule has 1 aliphatic carbocycles.